The van der Waals surface area contributed by atoms with E-state index in [-0.39, 0.29) is 6.04 Å². The molecule has 0 aliphatic carbocycles. The second-order valence-electron chi connectivity index (χ2n) is 4.74. The summed E-state index contributed by atoms with van der Waals surface area (Å²) < 4.78 is 5.57. The van der Waals surface area contributed by atoms with Crippen molar-refractivity contribution in [1.82, 2.24) is 5.43 Å². The lowest BCUT2D eigenvalue weighted by Gasteiger charge is -2.15. The Morgan fingerprint density at radius 3 is 2.80 bits per heavy atom. The van der Waals surface area contributed by atoms with Crippen LogP contribution < -0.4 is 11.3 Å². The molecule has 3 aromatic rings. The van der Waals surface area contributed by atoms with Crippen LogP contribution in [0.2, 0.25) is 5.02 Å². The van der Waals surface area contributed by atoms with Gasteiger partial charge in [0.25, 0.3) is 0 Å². The van der Waals surface area contributed by atoms with Crippen LogP contribution in [0.3, 0.4) is 0 Å². The molecule has 0 saturated carbocycles. The Morgan fingerprint density at radius 2 is 2.00 bits per heavy atom. The van der Waals surface area contributed by atoms with E-state index in [1.165, 1.54) is 0 Å². The van der Waals surface area contributed by atoms with Gasteiger partial charge in [-0.05, 0) is 30.2 Å². The number of furan rings is 1. The summed E-state index contributed by atoms with van der Waals surface area (Å²) in [7, 11) is 0. The molecule has 20 heavy (non-hydrogen) atoms. The molecule has 3 rings (SSSR count). The molecule has 0 amide bonds. The number of hydrogen-bond acceptors (Lipinski definition) is 3. The summed E-state index contributed by atoms with van der Waals surface area (Å²) in [4.78, 5) is 0. The number of rotatable bonds is 4. The molecule has 1 atom stereocenters. The minimum Gasteiger partial charge on any atom is -0.464 e. The summed E-state index contributed by atoms with van der Waals surface area (Å²) in [5.41, 5.74) is 5.92. The number of hydrazine groups is 1. The third-order valence-electron chi connectivity index (χ3n) is 3.42. The van der Waals surface area contributed by atoms with Crippen LogP contribution in [0.1, 0.15) is 17.2 Å². The molecular weight excluding hydrogens is 272 g/mol. The molecule has 0 fully saturated rings. The van der Waals surface area contributed by atoms with Gasteiger partial charge in [0, 0.05) is 16.0 Å². The van der Waals surface area contributed by atoms with Crippen molar-refractivity contribution in [3.63, 3.8) is 0 Å². The van der Waals surface area contributed by atoms with E-state index < -0.39 is 0 Å². The SMILES string of the molecule is NNC(Cc1cccc(Cl)c1)c1coc2ccccc12. The van der Waals surface area contributed by atoms with Crippen molar-refractivity contribution < 1.29 is 4.42 Å². The Kier molecular flexibility index (Phi) is 3.74. The zero-order valence-electron chi connectivity index (χ0n) is 10.8. The van der Waals surface area contributed by atoms with Gasteiger partial charge in [0.1, 0.15) is 5.58 Å². The first-order chi connectivity index (χ1) is 9.78. The Morgan fingerprint density at radius 1 is 1.15 bits per heavy atom. The first-order valence-corrected chi connectivity index (χ1v) is 6.82. The summed E-state index contributed by atoms with van der Waals surface area (Å²) in [6, 6.07) is 15.7. The van der Waals surface area contributed by atoms with E-state index in [1.807, 2.05) is 48.5 Å². The van der Waals surface area contributed by atoms with Gasteiger partial charge < -0.3 is 4.42 Å². The summed E-state index contributed by atoms with van der Waals surface area (Å²) in [6.07, 6.45) is 2.51. The molecule has 0 saturated heterocycles. The lowest BCUT2D eigenvalue weighted by Crippen LogP contribution is -2.29. The number of para-hydroxylation sites is 1. The monoisotopic (exact) mass is 286 g/mol. The molecule has 2 aromatic carbocycles. The van der Waals surface area contributed by atoms with Crippen LogP contribution in [0, 0.1) is 0 Å². The van der Waals surface area contributed by atoms with E-state index in [4.69, 9.17) is 21.9 Å². The molecule has 0 spiro atoms. The third kappa shape index (κ3) is 2.56. The predicted molar refractivity (Wildman–Crippen MR) is 81.4 cm³/mol. The lowest BCUT2D eigenvalue weighted by molar-refractivity contribution is 0.537. The lowest BCUT2D eigenvalue weighted by atomic mass is 9.99. The van der Waals surface area contributed by atoms with Gasteiger partial charge in [-0.1, -0.05) is 41.9 Å². The van der Waals surface area contributed by atoms with Crippen LogP contribution in [0.25, 0.3) is 11.0 Å². The number of benzene rings is 2. The molecule has 0 bridgehead atoms. The van der Waals surface area contributed by atoms with Gasteiger partial charge in [0.2, 0.25) is 0 Å². The Labute approximate surface area is 122 Å². The number of halogens is 1. The van der Waals surface area contributed by atoms with Gasteiger partial charge in [0.15, 0.2) is 0 Å². The molecule has 0 aliphatic rings. The maximum atomic E-state index is 6.02. The molecule has 0 radical (unpaired) electrons. The normalized spacial score (nSPS) is 12.7. The molecule has 4 heteroatoms. The van der Waals surface area contributed by atoms with Crippen LogP contribution in [0.5, 0.6) is 0 Å². The molecule has 1 unspecified atom stereocenters. The second-order valence-corrected chi connectivity index (χ2v) is 5.18. The van der Waals surface area contributed by atoms with Crippen LogP contribution in [-0.2, 0) is 6.42 Å². The van der Waals surface area contributed by atoms with Crippen LogP contribution >= 0.6 is 11.6 Å². The predicted octanol–water partition coefficient (Wildman–Crippen LogP) is 3.83. The van der Waals surface area contributed by atoms with Crippen molar-refractivity contribution in [2.45, 2.75) is 12.5 Å². The van der Waals surface area contributed by atoms with Crippen molar-refractivity contribution in [1.29, 1.82) is 0 Å². The van der Waals surface area contributed by atoms with Crippen molar-refractivity contribution >= 4 is 22.6 Å². The second kappa shape index (κ2) is 5.67. The average molecular weight is 287 g/mol. The Balaban J connectivity index is 1.93. The fraction of sp³-hybridized carbons (Fsp3) is 0.125. The van der Waals surface area contributed by atoms with Gasteiger partial charge in [-0.25, -0.2) is 0 Å². The fourth-order valence-corrected chi connectivity index (χ4v) is 2.64. The van der Waals surface area contributed by atoms with Crippen LogP contribution in [0.15, 0.2) is 59.2 Å². The van der Waals surface area contributed by atoms with E-state index in [0.717, 1.165) is 33.5 Å². The average Bonchev–Trinajstić information content (AvgIpc) is 2.89. The molecular formula is C16H15ClN2O. The molecule has 1 heterocycles. The molecule has 1 aromatic heterocycles. The first kappa shape index (κ1) is 13.2. The van der Waals surface area contributed by atoms with Crippen molar-refractivity contribution in [2.75, 3.05) is 0 Å². The first-order valence-electron chi connectivity index (χ1n) is 6.44. The molecule has 3 nitrogen and oxygen atoms in total. The number of nitrogens with two attached hydrogens (primary N) is 1. The highest BCUT2D eigenvalue weighted by Crippen LogP contribution is 2.28. The van der Waals surface area contributed by atoms with Crippen molar-refractivity contribution in [2.24, 2.45) is 5.84 Å². The molecule has 0 aliphatic heterocycles. The summed E-state index contributed by atoms with van der Waals surface area (Å²) in [6.45, 7) is 0. The largest absolute Gasteiger partial charge is 0.464 e. The minimum absolute atomic E-state index is 0.0166. The van der Waals surface area contributed by atoms with E-state index >= 15 is 0 Å². The van der Waals surface area contributed by atoms with E-state index in [1.54, 1.807) is 6.26 Å². The van der Waals surface area contributed by atoms with Gasteiger partial charge in [-0.15, -0.1) is 0 Å². The standard InChI is InChI=1S/C16H15ClN2O/c17-12-5-3-4-11(8-12)9-15(19-18)14-10-20-16-7-2-1-6-13(14)16/h1-8,10,15,19H,9,18H2. The number of hydrogen-bond donors (Lipinski definition) is 2. The van der Waals surface area contributed by atoms with Crippen LogP contribution in [-0.4, -0.2) is 0 Å². The Hall–Kier alpha value is -1.81. The minimum atomic E-state index is -0.0166. The quantitative estimate of drug-likeness (QED) is 0.566. The zero-order valence-corrected chi connectivity index (χ0v) is 11.6. The van der Waals surface area contributed by atoms with Crippen molar-refractivity contribution in [3.8, 4) is 0 Å². The summed E-state index contributed by atoms with van der Waals surface area (Å²) in [5.74, 6) is 5.72. The van der Waals surface area contributed by atoms with Crippen LogP contribution in [0.4, 0.5) is 0 Å². The van der Waals surface area contributed by atoms with Gasteiger partial charge >= 0.3 is 0 Å². The summed E-state index contributed by atoms with van der Waals surface area (Å²) in [5, 5.41) is 1.81. The van der Waals surface area contributed by atoms with E-state index in [9.17, 15) is 0 Å². The van der Waals surface area contributed by atoms with Gasteiger partial charge in [-0.3, -0.25) is 11.3 Å². The molecule has 102 valence electrons. The van der Waals surface area contributed by atoms with Gasteiger partial charge in [-0.2, -0.15) is 0 Å². The number of nitrogens with one attached hydrogen (secondary N) is 1. The maximum absolute atomic E-state index is 6.02. The highest BCUT2D eigenvalue weighted by atomic mass is 35.5. The highest BCUT2D eigenvalue weighted by Gasteiger charge is 2.16. The zero-order chi connectivity index (χ0) is 13.9. The maximum Gasteiger partial charge on any atom is 0.134 e. The smallest absolute Gasteiger partial charge is 0.134 e. The third-order valence-corrected chi connectivity index (χ3v) is 3.65. The van der Waals surface area contributed by atoms with Gasteiger partial charge in [0.05, 0.1) is 12.3 Å². The van der Waals surface area contributed by atoms with E-state index in [0.29, 0.717) is 0 Å². The Bertz CT molecular complexity index is 723. The molecule has 3 N–H and O–H groups in total. The topological polar surface area (TPSA) is 51.2 Å². The van der Waals surface area contributed by atoms with E-state index in [2.05, 4.69) is 5.43 Å². The fourth-order valence-electron chi connectivity index (χ4n) is 2.43. The van der Waals surface area contributed by atoms with Crippen molar-refractivity contribution in [3.05, 3.63) is 70.9 Å². The summed E-state index contributed by atoms with van der Waals surface area (Å²) >= 11 is 6.02. The highest BCUT2D eigenvalue weighted by molar-refractivity contribution is 6.30. The number of fused-ring (bicyclic) bond motifs is 1.